The lowest BCUT2D eigenvalue weighted by molar-refractivity contribution is -0.384. The van der Waals surface area contributed by atoms with Gasteiger partial charge in [-0.15, -0.1) is 0 Å². The second kappa shape index (κ2) is 11.8. The number of benzene rings is 2. The molecule has 4 atom stereocenters. The number of hydrogen-bond acceptors (Lipinski definition) is 7. The van der Waals surface area contributed by atoms with Gasteiger partial charge in [0, 0.05) is 24.2 Å². The second-order valence-electron chi connectivity index (χ2n) is 11.9. The Kier molecular flexibility index (Phi) is 7.90. The first-order valence-corrected chi connectivity index (χ1v) is 15.1. The minimum atomic E-state index is -0.550. The summed E-state index contributed by atoms with van der Waals surface area (Å²) in [4.78, 5) is 44.1. The van der Waals surface area contributed by atoms with E-state index < -0.39 is 16.8 Å². The highest BCUT2D eigenvalue weighted by Gasteiger charge is 2.57. The summed E-state index contributed by atoms with van der Waals surface area (Å²) in [6, 6.07) is 15.5. The number of fused-ring (bicyclic) bond motifs is 3. The van der Waals surface area contributed by atoms with Crippen LogP contribution < -0.4 is 4.90 Å². The van der Waals surface area contributed by atoms with Crippen LogP contribution in [0.2, 0.25) is 0 Å². The van der Waals surface area contributed by atoms with Crippen molar-refractivity contribution < 1.29 is 24.4 Å². The summed E-state index contributed by atoms with van der Waals surface area (Å²) in [5.41, 5.74) is 6.87. The lowest BCUT2D eigenvalue weighted by Crippen LogP contribution is -2.34. The van der Waals surface area contributed by atoms with Crippen molar-refractivity contribution in [2.24, 2.45) is 17.8 Å². The Bertz CT molecular complexity index is 1690. The van der Waals surface area contributed by atoms with Crippen LogP contribution in [0.15, 0.2) is 71.9 Å². The van der Waals surface area contributed by atoms with Crippen LogP contribution in [0.4, 0.5) is 11.4 Å². The highest BCUT2D eigenvalue weighted by molar-refractivity contribution is 6.22. The molecule has 1 aromatic heterocycles. The number of aromatic nitrogens is 1. The van der Waals surface area contributed by atoms with Gasteiger partial charge >= 0.3 is 0 Å². The van der Waals surface area contributed by atoms with E-state index in [0.29, 0.717) is 31.6 Å². The van der Waals surface area contributed by atoms with Gasteiger partial charge in [-0.3, -0.25) is 24.7 Å². The van der Waals surface area contributed by atoms with E-state index in [9.17, 15) is 24.8 Å². The fourth-order valence-corrected chi connectivity index (χ4v) is 7.20. The molecule has 2 aromatic carbocycles. The van der Waals surface area contributed by atoms with Gasteiger partial charge < -0.3 is 9.84 Å². The summed E-state index contributed by atoms with van der Waals surface area (Å²) in [7, 11) is 0. The van der Waals surface area contributed by atoms with Crippen molar-refractivity contribution in [2.75, 3.05) is 11.5 Å². The summed E-state index contributed by atoms with van der Waals surface area (Å²) in [6.07, 6.45) is 6.28. The van der Waals surface area contributed by atoms with E-state index in [-0.39, 0.29) is 35.2 Å². The van der Waals surface area contributed by atoms with Gasteiger partial charge in [-0.25, -0.2) is 4.90 Å². The van der Waals surface area contributed by atoms with Gasteiger partial charge in [0.1, 0.15) is 5.75 Å². The van der Waals surface area contributed by atoms with E-state index in [1.807, 2.05) is 44.2 Å². The Morgan fingerprint density at radius 2 is 1.86 bits per heavy atom. The number of ether oxygens (including phenoxy) is 1. The average molecular weight is 594 g/mol. The van der Waals surface area contributed by atoms with Crippen LogP contribution in [-0.4, -0.2) is 39.5 Å². The number of amides is 2. The van der Waals surface area contributed by atoms with Crippen molar-refractivity contribution in [2.45, 2.75) is 52.6 Å². The maximum atomic E-state index is 13.8. The van der Waals surface area contributed by atoms with Crippen LogP contribution in [0.5, 0.6) is 5.75 Å². The summed E-state index contributed by atoms with van der Waals surface area (Å²) in [5.74, 6) is -1.57. The third-order valence-corrected chi connectivity index (χ3v) is 9.26. The molecule has 6 rings (SSSR count). The zero-order valence-corrected chi connectivity index (χ0v) is 25.0. The normalized spacial score (nSPS) is 23.2. The number of aromatic hydroxyl groups is 1. The third kappa shape index (κ3) is 5.21. The minimum Gasteiger partial charge on any atom is -0.507 e. The number of nitro benzene ring substituents is 1. The number of phenolic OH excluding ortho intramolecular Hbond substituents is 1. The van der Waals surface area contributed by atoms with Crippen molar-refractivity contribution in [3.05, 3.63) is 104 Å². The molecule has 0 bridgehead atoms. The smallest absolute Gasteiger partial charge is 0.271 e. The number of carbonyl (C=O) groups is 2. The van der Waals surface area contributed by atoms with Gasteiger partial charge in [0.2, 0.25) is 11.8 Å². The minimum absolute atomic E-state index is 0.162. The van der Waals surface area contributed by atoms with Gasteiger partial charge in [0.25, 0.3) is 5.69 Å². The zero-order chi connectivity index (χ0) is 31.1. The van der Waals surface area contributed by atoms with Crippen molar-refractivity contribution in [1.29, 1.82) is 0 Å². The number of carbonyl (C=O) groups excluding carboxylic acids is 2. The number of rotatable bonds is 8. The maximum Gasteiger partial charge on any atom is 0.271 e. The van der Waals surface area contributed by atoms with Crippen molar-refractivity contribution in [3.8, 4) is 5.75 Å². The molecular formula is C35H35N3O6. The van der Waals surface area contributed by atoms with Crippen molar-refractivity contribution in [1.82, 2.24) is 4.98 Å². The van der Waals surface area contributed by atoms with E-state index in [4.69, 9.17) is 4.74 Å². The Balaban J connectivity index is 1.28. The fraction of sp³-hybridized carbons (Fsp3) is 0.343. The molecule has 226 valence electrons. The summed E-state index contributed by atoms with van der Waals surface area (Å²) >= 11 is 0. The molecule has 9 nitrogen and oxygen atoms in total. The Hall–Kier alpha value is -4.63. The van der Waals surface area contributed by atoms with E-state index >= 15 is 0 Å². The molecule has 2 amide bonds. The third-order valence-electron chi connectivity index (χ3n) is 9.26. The van der Waals surface area contributed by atoms with Gasteiger partial charge in [0.05, 0.1) is 40.9 Å². The number of allylic oxidation sites excluding steroid dienone is 2. The number of phenols is 1. The molecule has 0 spiro atoms. The molecule has 0 radical (unpaired) electrons. The predicted octanol–water partition coefficient (Wildman–Crippen LogP) is 6.56. The number of nitro groups is 1. The number of non-ortho nitro benzene ring substituents is 1. The Morgan fingerprint density at radius 1 is 1.09 bits per heavy atom. The van der Waals surface area contributed by atoms with Crippen molar-refractivity contribution in [3.63, 3.8) is 0 Å². The molecule has 44 heavy (non-hydrogen) atoms. The summed E-state index contributed by atoms with van der Waals surface area (Å²) in [5, 5.41) is 21.6. The molecule has 2 aliphatic heterocycles. The van der Waals surface area contributed by atoms with Crippen LogP contribution in [0.25, 0.3) is 11.6 Å². The molecule has 1 N–H and O–H groups in total. The number of anilines is 1. The lowest BCUT2D eigenvalue weighted by Gasteiger charge is -2.31. The zero-order valence-electron chi connectivity index (χ0n) is 25.0. The van der Waals surface area contributed by atoms with Crippen LogP contribution in [0.1, 0.15) is 55.0 Å². The highest BCUT2D eigenvalue weighted by atomic mass is 16.6. The van der Waals surface area contributed by atoms with E-state index in [2.05, 4.69) is 18.0 Å². The van der Waals surface area contributed by atoms with Gasteiger partial charge in [-0.05, 0) is 104 Å². The number of nitrogens with zero attached hydrogens (tertiary/aromatic N) is 3. The van der Waals surface area contributed by atoms with Crippen LogP contribution in [0.3, 0.4) is 0 Å². The largest absolute Gasteiger partial charge is 0.507 e. The summed E-state index contributed by atoms with van der Waals surface area (Å²) in [6.45, 7) is 6.20. The monoisotopic (exact) mass is 593 g/mol. The topological polar surface area (TPSA) is 123 Å². The molecule has 0 unspecified atom stereocenters. The van der Waals surface area contributed by atoms with Crippen LogP contribution in [0, 0.1) is 41.7 Å². The molecule has 2 fully saturated rings. The Labute approximate surface area is 256 Å². The van der Waals surface area contributed by atoms with E-state index in [1.54, 1.807) is 12.3 Å². The highest BCUT2D eigenvalue weighted by Crippen LogP contribution is 2.51. The number of aryl methyl sites for hydroxylation is 2. The van der Waals surface area contributed by atoms with Gasteiger partial charge in [0.15, 0.2) is 0 Å². The lowest BCUT2D eigenvalue weighted by atomic mass is 9.69. The van der Waals surface area contributed by atoms with Gasteiger partial charge in [-0.1, -0.05) is 24.6 Å². The van der Waals surface area contributed by atoms with Crippen molar-refractivity contribution >= 4 is 34.8 Å². The SMILES string of the molecule is CCC1=C2[C@@H](CC/C(=C/c3cc(C)c(O)c(C)c3)c3ccccn3)OC[C@@H]2[C@@H]2C(=O)N(c3cccc([N+](=O)[O-])c3)C(=O)[C@@H]2C1. The molecule has 9 heteroatoms. The molecule has 2 saturated heterocycles. The number of imide groups is 1. The molecule has 3 aromatic rings. The maximum absolute atomic E-state index is 13.8. The molecular weight excluding hydrogens is 558 g/mol. The molecule has 3 aliphatic rings. The van der Waals surface area contributed by atoms with E-state index in [1.165, 1.54) is 18.2 Å². The molecule has 0 saturated carbocycles. The Morgan fingerprint density at radius 3 is 2.55 bits per heavy atom. The second-order valence-corrected chi connectivity index (χ2v) is 11.9. The number of hydrogen-bond donors (Lipinski definition) is 1. The standard InChI is InChI=1S/C35H35N3O6/c1-4-23-17-27-32(35(41)37(34(27)40)25-8-7-9-26(18-25)38(42)43)28-19-44-30(31(23)28)12-11-24(29-10-5-6-13-36-29)16-22-14-20(2)33(39)21(3)15-22/h5-10,13-16,18,27-28,30,32,39H,4,11-12,17,19H2,1-3H3/b24-16-/t27-,28+,30-,32-/m1/s1. The fourth-order valence-electron chi connectivity index (χ4n) is 7.20. The first kappa shape index (κ1) is 29.4. The first-order valence-electron chi connectivity index (χ1n) is 15.1. The van der Waals surface area contributed by atoms with Gasteiger partial charge in [-0.2, -0.15) is 0 Å². The van der Waals surface area contributed by atoms with Crippen LogP contribution in [-0.2, 0) is 14.3 Å². The average Bonchev–Trinajstić information content (AvgIpc) is 3.55. The number of pyridine rings is 1. The van der Waals surface area contributed by atoms with Crippen LogP contribution >= 0.6 is 0 Å². The predicted molar refractivity (Wildman–Crippen MR) is 167 cm³/mol. The quantitative estimate of drug-likeness (QED) is 0.136. The summed E-state index contributed by atoms with van der Waals surface area (Å²) < 4.78 is 6.40. The molecule has 1 aliphatic carbocycles. The first-order chi connectivity index (χ1) is 21.2. The van der Waals surface area contributed by atoms with E-state index in [0.717, 1.165) is 50.4 Å². The molecule has 3 heterocycles.